The van der Waals surface area contributed by atoms with Crippen molar-refractivity contribution in [3.05, 3.63) is 70.7 Å². The molecule has 0 aliphatic carbocycles. The Hall–Kier alpha value is -3.36. The summed E-state index contributed by atoms with van der Waals surface area (Å²) in [5.41, 5.74) is 0.0931. The highest BCUT2D eigenvalue weighted by atomic mass is 19.4. The van der Waals surface area contributed by atoms with Gasteiger partial charge in [0.2, 0.25) is 5.91 Å². The Morgan fingerprint density at radius 3 is 2.66 bits per heavy atom. The Balaban J connectivity index is 1.55. The highest BCUT2D eigenvalue weighted by molar-refractivity contribution is 6.00. The Morgan fingerprint density at radius 2 is 1.91 bits per heavy atom. The number of amides is 2. The molecule has 1 N–H and O–H groups in total. The second-order valence-electron chi connectivity index (χ2n) is 8.40. The average Bonchev–Trinajstić information content (AvgIpc) is 3.11. The lowest BCUT2D eigenvalue weighted by atomic mass is 9.83. The molecular formula is C23H19F4N3O2. The Labute approximate surface area is 180 Å². The fraction of sp³-hybridized carbons (Fsp3) is 0.304. The van der Waals surface area contributed by atoms with E-state index in [9.17, 15) is 27.2 Å². The molecule has 2 aliphatic rings. The van der Waals surface area contributed by atoms with Crippen LogP contribution in [0.4, 0.5) is 17.6 Å². The fourth-order valence-corrected chi connectivity index (χ4v) is 4.90. The van der Waals surface area contributed by atoms with Gasteiger partial charge >= 0.3 is 6.18 Å². The zero-order chi connectivity index (χ0) is 22.8. The van der Waals surface area contributed by atoms with E-state index >= 15 is 0 Å². The van der Waals surface area contributed by atoms with E-state index in [4.69, 9.17) is 0 Å². The van der Waals surface area contributed by atoms with Crippen molar-refractivity contribution >= 4 is 22.7 Å². The summed E-state index contributed by atoms with van der Waals surface area (Å²) in [4.78, 5) is 32.6. The lowest BCUT2D eigenvalue weighted by Gasteiger charge is -2.49. The molecule has 3 aromatic rings. The van der Waals surface area contributed by atoms with Crippen LogP contribution in [0.15, 0.2) is 42.5 Å². The second kappa shape index (κ2) is 6.82. The number of carbonyl (C=O) groups excluding carboxylic acids is 2. The number of carbonyl (C=O) groups is 2. The minimum Gasteiger partial charge on any atom is -0.356 e. The minimum atomic E-state index is -4.50. The average molecular weight is 445 g/mol. The number of alkyl halides is 3. The van der Waals surface area contributed by atoms with Crippen LogP contribution in [0.1, 0.15) is 29.3 Å². The summed E-state index contributed by atoms with van der Waals surface area (Å²) in [6.07, 6.45) is -4.03. The summed E-state index contributed by atoms with van der Waals surface area (Å²) in [6, 6.07) is 9.05. The van der Waals surface area contributed by atoms with Crippen LogP contribution < -0.4 is 0 Å². The molecule has 3 heterocycles. The van der Waals surface area contributed by atoms with Crippen molar-refractivity contribution in [3.63, 3.8) is 0 Å². The fourth-order valence-electron chi connectivity index (χ4n) is 4.90. The number of hydrogen-bond acceptors (Lipinski definition) is 2. The third-order valence-corrected chi connectivity index (χ3v) is 6.44. The highest BCUT2D eigenvalue weighted by Gasteiger charge is 2.54. The van der Waals surface area contributed by atoms with Gasteiger partial charge in [-0.25, -0.2) is 4.39 Å². The van der Waals surface area contributed by atoms with Crippen LogP contribution in [0.25, 0.3) is 10.9 Å². The van der Waals surface area contributed by atoms with Gasteiger partial charge in [-0.2, -0.15) is 13.2 Å². The number of piperazine rings is 1. The highest BCUT2D eigenvalue weighted by Crippen LogP contribution is 2.42. The molecule has 5 rings (SSSR count). The van der Waals surface area contributed by atoms with E-state index in [2.05, 4.69) is 4.98 Å². The van der Waals surface area contributed by atoms with Crippen molar-refractivity contribution in [1.29, 1.82) is 0 Å². The number of benzene rings is 2. The Morgan fingerprint density at radius 1 is 1.12 bits per heavy atom. The first-order valence-corrected chi connectivity index (χ1v) is 10.2. The zero-order valence-electron chi connectivity index (χ0n) is 17.1. The minimum absolute atomic E-state index is 0.123. The van der Waals surface area contributed by atoms with E-state index in [-0.39, 0.29) is 30.5 Å². The van der Waals surface area contributed by atoms with Gasteiger partial charge in [0.15, 0.2) is 5.54 Å². The maximum atomic E-state index is 13.8. The molecule has 2 aliphatic heterocycles. The number of halogens is 4. The first-order valence-electron chi connectivity index (χ1n) is 10.2. The number of nitrogens with one attached hydrogen (secondary N) is 1. The van der Waals surface area contributed by atoms with Gasteiger partial charge in [0.1, 0.15) is 12.4 Å². The van der Waals surface area contributed by atoms with Crippen molar-refractivity contribution < 1.29 is 27.2 Å². The maximum absolute atomic E-state index is 13.8. The zero-order valence-corrected chi connectivity index (χ0v) is 17.1. The van der Waals surface area contributed by atoms with Gasteiger partial charge in [0, 0.05) is 24.0 Å². The summed E-state index contributed by atoms with van der Waals surface area (Å²) >= 11 is 0. The van der Waals surface area contributed by atoms with Gasteiger partial charge in [-0.05, 0) is 54.8 Å². The number of H-pyrrole nitrogens is 1. The van der Waals surface area contributed by atoms with Crippen molar-refractivity contribution in [3.8, 4) is 0 Å². The van der Waals surface area contributed by atoms with Crippen LogP contribution >= 0.6 is 0 Å². The van der Waals surface area contributed by atoms with E-state index in [1.54, 1.807) is 13.0 Å². The maximum Gasteiger partial charge on any atom is 0.416 e. The molecule has 1 aromatic heterocycles. The molecule has 0 saturated carbocycles. The molecule has 32 heavy (non-hydrogen) atoms. The molecule has 1 fully saturated rings. The van der Waals surface area contributed by atoms with E-state index in [1.165, 1.54) is 34.1 Å². The third kappa shape index (κ3) is 2.98. The lowest BCUT2D eigenvalue weighted by Crippen LogP contribution is -2.66. The molecule has 0 bridgehead atoms. The van der Waals surface area contributed by atoms with Crippen molar-refractivity contribution in [2.75, 3.05) is 13.1 Å². The second-order valence-corrected chi connectivity index (χ2v) is 8.40. The quantitative estimate of drug-likeness (QED) is 0.607. The number of aromatic amines is 1. The summed E-state index contributed by atoms with van der Waals surface area (Å²) in [5.74, 6) is -1.07. The summed E-state index contributed by atoms with van der Waals surface area (Å²) in [5, 5.41) is 0.663. The predicted molar refractivity (Wildman–Crippen MR) is 108 cm³/mol. The number of hydrogen-bond donors (Lipinski definition) is 1. The van der Waals surface area contributed by atoms with Crippen molar-refractivity contribution in [2.45, 2.75) is 31.6 Å². The molecule has 0 radical (unpaired) electrons. The van der Waals surface area contributed by atoms with Gasteiger partial charge in [-0.3, -0.25) is 9.59 Å². The van der Waals surface area contributed by atoms with Crippen LogP contribution in [-0.2, 0) is 34.3 Å². The summed E-state index contributed by atoms with van der Waals surface area (Å²) in [7, 11) is 0. The SMILES string of the molecule is CC12C(=O)N(Cc3cccc(C(F)(F)F)c3)CC(=O)N1CCc1c2[nH]c2ccc(F)cc12. The van der Waals surface area contributed by atoms with Crippen LogP contribution in [0, 0.1) is 5.82 Å². The van der Waals surface area contributed by atoms with Crippen molar-refractivity contribution in [1.82, 2.24) is 14.8 Å². The molecule has 166 valence electrons. The first-order chi connectivity index (χ1) is 15.1. The largest absolute Gasteiger partial charge is 0.416 e. The molecule has 1 atom stereocenters. The number of fused-ring (bicyclic) bond motifs is 5. The monoisotopic (exact) mass is 445 g/mol. The van der Waals surface area contributed by atoms with Gasteiger partial charge < -0.3 is 14.8 Å². The van der Waals surface area contributed by atoms with E-state index < -0.39 is 23.1 Å². The van der Waals surface area contributed by atoms with E-state index in [1.807, 2.05) is 0 Å². The Bertz CT molecular complexity index is 1270. The Kier molecular flexibility index (Phi) is 4.38. The van der Waals surface area contributed by atoms with Gasteiger partial charge in [-0.1, -0.05) is 12.1 Å². The molecular weight excluding hydrogens is 426 g/mol. The predicted octanol–water partition coefficient (Wildman–Crippen LogP) is 3.97. The molecule has 1 unspecified atom stereocenters. The molecule has 9 heteroatoms. The van der Waals surface area contributed by atoms with Gasteiger partial charge in [0.25, 0.3) is 5.91 Å². The van der Waals surface area contributed by atoms with Crippen LogP contribution in [-0.4, -0.2) is 39.7 Å². The standard InChI is InChI=1S/C23H19F4N3O2/c1-22-20-16(17-10-15(24)5-6-18(17)28-20)7-8-30(22)19(31)12-29(21(22)32)11-13-3-2-4-14(9-13)23(25,26)27/h2-6,9-10,28H,7-8,11-12H2,1H3. The molecule has 2 amide bonds. The van der Waals surface area contributed by atoms with Crippen LogP contribution in [0.5, 0.6) is 0 Å². The van der Waals surface area contributed by atoms with Gasteiger partial charge in [-0.15, -0.1) is 0 Å². The van der Waals surface area contributed by atoms with Gasteiger partial charge in [0.05, 0.1) is 11.3 Å². The number of nitrogens with zero attached hydrogens (tertiary/aromatic N) is 2. The molecule has 1 saturated heterocycles. The molecule has 5 nitrogen and oxygen atoms in total. The normalized spacial score (nSPS) is 21.2. The summed E-state index contributed by atoms with van der Waals surface area (Å²) in [6.45, 7) is 1.60. The molecule has 2 aromatic carbocycles. The smallest absolute Gasteiger partial charge is 0.356 e. The first kappa shape index (κ1) is 20.5. The van der Waals surface area contributed by atoms with E-state index in [0.29, 0.717) is 29.6 Å². The third-order valence-electron chi connectivity index (χ3n) is 6.44. The molecule has 0 spiro atoms. The van der Waals surface area contributed by atoms with Crippen LogP contribution in [0.2, 0.25) is 0 Å². The lowest BCUT2D eigenvalue weighted by molar-refractivity contribution is -0.166. The van der Waals surface area contributed by atoms with Crippen molar-refractivity contribution in [2.24, 2.45) is 0 Å². The number of rotatable bonds is 2. The topological polar surface area (TPSA) is 56.4 Å². The van der Waals surface area contributed by atoms with E-state index in [0.717, 1.165) is 17.7 Å². The number of aromatic nitrogens is 1. The summed E-state index contributed by atoms with van der Waals surface area (Å²) < 4.78 is 53.1. The van der Waals surface area contributed by atoms with Crippen LogP contribution in [0.3, 0.4) is 0 Å².